The summed E-state index contributed by atoms with van der Waals surface area (Å²) in [5.41, 5.74) is 1.65. The van der Waals surface area contributed by atoms with Gasteiger partial charge in [0.15, 0.2) is 11.6 Å². The first kappa shape index (κ1) is 22.3. The number of hydrogen-bond acceptors (Lipinski definition) is 5. The van der Waals surface area contributed by atoms with Crippen LogP contribution < -0.4 is 14.8 Å². The van der Waals surface area contributed by atoms with Crippen molar-refractivity contribution in [3.8, 4) is 5.75 Å². The first-order chi connectivity index (χ1) is 15.2. The lowest BCUT2D eigenvalue weighted by atomic mass is 10.1. The summed E-state index contributed by atoms with van der Waals surface area (Å²) in [6.45, 7) is 2.27. The Labute approximate surface area is 185 Å². The van der Waals surface area contributed by atoms with Crippen LogP contribution in [0.2, 0.25) is 0 Å². The van der Waals surface area contributed by atoms with Crippen LogP contribution in [0.15, 0.2) is 30.3 Å². The predicted octanol–water partition coefficient (Wildman–Crippen LogP) is 2.17. The van der Waals surface area contributed by atoms with Crippen LogP contribution in [0.3, 0.4) is 0 Å². The highest BCUT2D eigenvalue weighted by molar-refractivity contribution is 7.88. The molecule has 9 nitrogen and oxygen atoms in total. The van der Waals surface area contributed by atoms with Gasteiger partial charge in [0.2, 0.25) is 15.9 Å². The van der Waals surface area contributed by atoms with Gasteiger partial charge in [-0.2, -0.15) is 0 Å². The number of carbonyl (C=O) groups excluding carboxylic acids is 2. The van der Waals surface area contributed by atoms with Crippen molar-refractivity contribution in [3.63, 3.8) is 0 Å². The van der Waals surface area contributed by atoms with E-state index >= 15 is 0 Å². The van der Waals surface area contributed by atoms with Crippen LogP contribution >= 0.6 is 0 Å². The average Bonchev–Trinajstić information content (AvgIpc) is 3.36. The fraction of sp³-hybridized carbons (Fsp3) is 0.429. The van der Waals surface area contributed by atoms with E-state index in [0.29, 0.717) is 29.5 Å². The standard InChI is InChI=1S/C21H25FN4O5S/c1-13(15-4-7-18(22)19(8-15)31-11-14-2-3-14)25-32(29,30)12-17-6-5-16(23-17)9-26-10-20(27)24-21(26)28/h4-8,13-14,23,25H,2-3,9-12H2,1H3,(H,24,27,28)/t13-/m1/s1. The molecule has 1 atom stereocenters. The number of amides is 3. The third kappa shape index (κ3) is 5.65. The van der Waals surface area contributed by atoms with E-state index in [4.69, 9.17) is 4.74 Å². The maximum Gasteiger partial charge on any atom is 0.324 e. The van der Waals surface area contributed by atoms with E-state index in [0.717, 1.165) is 12.8 Å². The number of nitrogens with one attached hydrogen (secondary N) is 3. The molecule has 4 rings (SSSR count). The van der Waals surface area contributed by atoms with E-state index in [1.54, 1.807) is 19.1 Å². The number of ether oxygens (including phenoxy) is 1. The summed E-state index contributed by atoms with van der Waals surface area (Å²) in [5.74, 6) is -0.547. The topological polar surface area (TPSA) is 121 Å². The number of halogens is 1. The molecule has 1 aromatic heterocycles. The minimum Gasteiger partial charge on any atom is -0.490 e. The number of hydrogen-bond donors (Lipinski definition) is 3. The Morgan fingerprint density at radius 2 is 1.97 bits per heavy atom. The minimum atomic E-state index is -3.72. The lowest BCUT2D eigenvalue weighted by Crippen LogP contribution is -2.28. The molecule has 2 heterocycles. The summed E-state index contributed by atoms with van der Waals surface area (Å²) in [6, 6.07) is 6.57. The van der Waals surface area contributed by atoms with Crippen LogP contribution in [0.4, 0.5) is 9.18 Å². The van der Waals surface area contributed by atoms with Crippen molar-refractivity contribution in [1.29, 1.82) is 0 Å². The summed E-state index contributed by atoms with van der Waals surface area (Å²) in [6.07, 6.45) is 2.17. The molecule has 1 aliphatic carbocycles. The minimum absolute atomic E-state index is 0.0332. The van der Waals surface area contributed by atoms with Crippen molar-refractivity contribution in [2.24, 2.45) is 5.92 Å². The monoisotopic (exact) mass is 464 g/mol. The van der Waals surface area contributed by atoms with Crippen LogP contribution in [0.25, 0.3) is 0 Å². The zero-order valence-electron chi connectivity index (χ0n) is 17.6. The van der Waals surface area contributed by atoms with Crippen LogP contribution in [0, 0.1) is 11.7 Å². The molecule has 3 N–H and O–H groups in total. The fourth-order valence-electron chi connectivity index (χ4n) is 3.46. The van der Waals surface area contributed by atoms with Crippen molar-refractivity contribution in [2.75, 3.05) is 13.2 Å². The molecular formula is C21H25FN4O5S. The SMILES string of the molecule is C[C@@H](NS(=O)(=O)Cc1ccc(CN2CC(=O)NC2=O)[nH]1)c1ccc(F)c(OCC2CC2)c1. The molecule has 0 bridgehead atoms. The van der Waals surface area contributed by atoms with E-state index in [9.17, 15) is 22.4 Å². The predicted molar refractivity (Wildman–Crippen MR) is 114 cm³/mol. The van der Waals surface area contributed by atoms with Crippen molar-refractivity contribution in [3.05, 3.63) is 53.1 Å². The van der Waals surface area contributed by atoms with Crippen LogP contribution in [0.5, 0.6) is 5.75 Å². The number of imide groups is 1. The number of nitrogens with zero attached hydrogens (tertiary/aromatic N) is 1. The largest absolute Gasteiger partial charge is 0.490 e. The van der Waals surface area contributed by atoms with E-state index in [1.807, 2.05) is 0 Å². The zero-order valence-corrected chi connectivity index (χ0v) is 18.4. The average molecular weight is 465 g/mol. The molecule has 0 radical (unpaired) electrons. The number of urea groups is 1. The van der Waals surface area contributed by atoms with Gasteiger partial charge in [0.05, 0.1) is 13.2 Å². The van der Waals surface area contributed by atoms with E-state index in [1.165, 1.54) is 23.1 Å². The number of aromatic amines is 1. The molecule has 3 amide bonds. The number of sulfonamides is 1. The van der Waals surface area contributed by atoms with Crippen molar-refractivity contribution < 1.29 is 27.1 Å². The summed E-state index contributed by atoms with van der Waals surface area (Å²) in [4.78, 5) is 27.2. The summed E-state index contributed by atoms with van der Waals surface area (Å²) < 4.78 is 47.4. The number of benzene rings is 1. The molecule has 1 saturated heterocycles. The first-order valence-electron chi connectivity index (χ1n) is 10.4. The molecule has 0 spiro atoms. The van der Waals surface area contributed by atoms with Gasteiger partial charge in [-0.1, -0.05) is 6.07 Å². The highest BCUT2D eigenvalue weighted by Gasteiger charge is 2.27. The second kappa shape index (κ2) is 8.91. The van der Waals surface area contributed by atoms with Gasteiger partial charge < -0.3 is 14.6 Å². The van der Waals surface area contributed by atoms with Crippen molar-refractivity contribution >= 4 is 22.0 Å². The maximum atomic E-state index is 14.0. The molecule has 2 aromatic rings. The van der Waals surface area contributed by atoms with Gasteiger partial charge in [0, 0.05) is 17.4 Å². The number of carbonyl (C=O) groups is 2. The molecule has 1 aromatic carbocycles. The third-order valence-electron chi connectivity index (χ3n) is 5.36. The van der Waals surface area contributed by atoms with Gasteiger partial charge in [0.25, 0.3) is 0 Å². The molecule has 1 saturated carbocycles. The Kier molecular flexibility index (Phi) is 6.20. The highest BCUT2D eigenvalue weighted by Crippen LogP contribution is 2.31. The zero-order chi connectivity index (χ0) is 22.9. The smallest absolute Gasteiger partial charge is 0.324 e. The summed E-state index contributed by atoms with van der Waals surface area (Å²) >= 11 is 0. The van der Waals surface area contributed by atoms with Crippen molar-refractivity contribution in [2.45, 2.75) is 38.1 Å². The van der Waals surface area contributed by atoms with Crippen LogP contribution in [-0.2, 0) is 27.1 Å². The number of rotatable bonds is 10. The lowest BCUT2D eigenvalue weighted by molar-refractivity contribution is -0.118. The van der Waals surface area contributed by atoms with Crippen LogP contribution in [-0.4, -0.2) is 43.4 Å². The lowest BCUT2D eigenvalue weighted by Gasteiger charge is -2.16. The number of aromatic nitrogens is 1. The first-order valence-corrected chi connectivity index (χ1v) is 12.0. The third-order valence-corrected chi connectivity index (χ3v) is 6.77. The quantitative estimate of drug-likeness (QED) is 0.466. The Bertz CT molecular complexity index is 1130. The summed E-state index contributed by atoms with van der Waals surface area (Å²) in [5, 5.41) is 2.19. The van der Waals surface area contributed by atoms with Gasteiger partial charge in [-0.05, 0) is 55.5 Å². The van der Waals surface area contributed by atoms with Gasteiger partial charge in [-0.15, -0.1) is 0 Å². The van der Waals surface area contributed by atoms with Gasteiger partial charge in [-0.25, -0.2) is 22.3 Å². The second-order valence-corrected chi connectivity index (χ2v) is 10.0. The van der Waals surface area contributed by atoms with E-state index in [2.05, 4.69) is 15.0 Å². The van der Waals surface area contributed by atoms with E-state index < -0.39 is 27.9 Å². The molecule has 11 heteroatoms. The Balaban J connectivity index is 1.36. The molecule has 32 heavy (non-hydrogen) atoms. The Hall–Kier alpha value is -2.92. The van der Waals surface area contributed by atoms with Gasteiger partial charge >= 0.3 is 6.03 Å². The van der Waals surface area contributed by atoms with Crippen molar-refractivity contribution in [1.82, 2.24) is 19.9 Å². The molecule has 2 fully saturated rings. The highest BCUT2D eigenvalue weighted by atomic mass is 32.2. The normalized spacial score (nSPS) is 17.5. The fourth-order valence-corrected chi connectivity index (χ4v) is 4.80. The maximum absolute atomic E-state index is 14.0. The number of H-pyrrole nitrogens is 1. The van der Waals surface area contributed by atoms with Gasteiger partial charge in [-0.3, -0.25) is 10.1 Å². The molecule has 172 valence electrons. The molecule has 2 aliphatic rings. The molecule has 1 aliphatic heterocycles. The summed E-state index contributed by atoms with van der Waals surface area (Å²) in [7, 11) is -3.72. The second-order valence-electron chi connectivity index (χ2n) is 8.26. The van der Waals surface area contributed by atoms with Crippen LogP contribution in [0.1, 0.15) is 42.8 Å². The Morgan fingerprint density at radius 3 is 2.66 bits per heavy atom. The van der Waals surface area contributed by atoms with Gasteiger partial charge in [0.1, 0.15) is 12.3 Å². The molecule has 0 unspecified atom stereocenters. The van der Waals surface area contributed by atoms with E-state index in [-0.39, 0.29) is 30.5 Å². The Morgan fingerprint density at radius 1 is 1.22 bits per heavy atom. The molecular weight excluding hydrogens is 439 g/mol.